The lowest BCUT2D eigenvalue weighted by molar-refractivity contribution is -0.123. The zero-order valence-corrected chi connectivity index (χ0v) is 10.6. The quantitative estimate of drug-likeness (QED) is 0.725. The van der Waals surface area contributed by atoms with Gasteiger partial charge in [-0.3, -0.25) is 4.79 Å². The molecule has 1 aromatic carbocycles. The monoisotopic (exact) mass is 289 g/mol. The van der Waals surface area contributed by atoms with E-state index < -0.39 is 41.4 Å². The Morgan fingerprint density at radius 3 is 2.40 bits per heavy atom. The molecule has 0 bridgehead atoms. The number of hydrogen-bond donors (Lipinski definition) is 2. The van der Waals surface area contributed by atoms with Crippen molar-refractivity contribution in [1.82, 2.24) is 5.32 Å². The van der Waals surface area contributed by atoms with Crippen LogP contribution in [-0.4, -0.2) is 43.9 Å². The van der Waals surface area contributed by atoms with E-state index in [-0.39, 0.29) is 6.54 Å². The number of carbonyl (C=O) groups excluding carboxylic acids is 1. The number of carboxylic acids is 1. The Kier molecular flexibility index (Phi) is 5.85. The van der Waals surface area contributed by atoms with E-state index in [1.807, 2.05) is 0 Å². The third-order valence-corrected chi connectivity index (χ3v) is 2.22. The van der Waals surface area contributed by atoms with Crippen LogP contribution in [0.5, 0.6) is 5.75 Å². The van der Waals surface area contributed by atoms with Gasteiger partial charge in [-0.15, -0.1) is 0 Å². The molecule has 0 aliphatic rings. The van der Waals surface area contributed by atoms with Crippen LogP contribution in [0.4, 0.5) is 8.78 Å². The highest BCUT2D eigenvalue weighted by atomic mass is 19.1. The number of methoxy groups -OCH3 is 1. The normalized spacial score (nSPS) is 10.2. The minimum atomic E-state index is -1.47. The van der Waals surface area contributed by atoms with Gasteiger partial charge in [0.1, 0.15) is 0 Å². The standard InChI is InChI=1S/C12H13F2NO5/c1-19-3-2-15-10(16)6-20-11-8(13)4-7(12(17)18)5-9(11)14/h4-5H,2-3,6H2,1H3,(H,15,16)(H,17,18). The van der Waals surface area contributed by atoms with Crippen molar-refractivity contribution in [2.75, 3.05) is 26.9 Å². The van der Waals surface area contributed by atoms with Crippen LogP contribution in [0, 0.1) is 11.6 Å². The molecule has 1 aromatic rings. The van der Waals surface area contributed by atoms with Crippen molar-refractivity contribution < 1.29 is 33.0 Å². The van der Waals surface area contributed by atoms with Crippen LogP contribution in [-0.2, 0) is 9.53 Å². The van der Waals surface area contributed by atoms with Crippen molar-refractivity contribution in [3.63, 3.8) is 0 Å². The fourth-order valence-electron chi connectivity index (χ4n) is 1.30. The van der Waals surface area contributed by atoms with E-state index in [4.69, 9.17) is 14.6 Å². The van der Waals surface area contributed by atoms with Crippen LogP contribution >= 0.6 is 0 Å². The zero-order valence-electron chi connectivity index (χ0n) is 10.6. The molecule has 0 heterocycles. The number of carbonyl (C=O) groups is 2. The fraction of sp³-hybridized carbons (Fsp3) is 0.333. The maximum absolute atomic E-state index is 13.4. The fourth-order valence-corrected chi connectivity index (χ4v) is 1.30. The molecule has 0 saturated carbocycles. The topological polar surface area (TPSA) is 84.9 Å². The van der Waals surface area contributed by atoms with Gasteiger partial charge in [-0.05, 0) is 12.1 Å². The molecule has 0 aromatic heterocycles. The molecule has 0 radical (unpaired) electrons. The molecule has 0 saturated heterocycles. The molecule has 6 nitrogen and oxygen atoms in total. The second-order valence-electron chi connectivity index (χ2n) is 3.71. The third-order valence-electron chi connectivity index (χ3n) is 2.22. The first-order valence-electron chi connectivity index (χ1n) is 5.56. The van der Waals surface area contributed by atoms with Gasteiger partial charge in [0.05, 0.1) is 12.2 Å². The molecule has 0 spiro atoms. The van der Waals surface area contributed by atoms with Crippen molar-refractivity contribution in [2.24, 2.45) is 0 Å². The van der Waals surface area contributed by atoms with E-state index in [9.17, 15) is 18.4 Å². The van der Waals surface area contributed by atoms with Gasteiger partial charge in [-0.1, -0.05) is 0 Å². The first-order valence-corrected chi connectivity index (χ1v) is 5.56. The van der Waals surface area contributed by atoms with Gasteiger partial charge in [0, 0.05) is 13.7 Å². The number of carboxylic acid groups (broad SMARTS) is 1. The lowest BCUT2D eigenvalue weighted by Gasteiger charge is -2.09. The smallest absolute Gasteiger partial charge is 0.335 e. The van der Waals surface area contributed by atoms with Gasteiger partial charge < -0.3 is 19.9 Å². The highest BCUT2D eigenvalue weighted by Gasteiger charge is 2.16. The number of nitrogens with one attached hydrogen (secondary N) is 1. The van der Waals surface area contributed by atoms with E-state index in [1.165, 1.54) is 7.11 Å². The predicted octanol–water partition coefficient (Wildman–Crippen LogP) is 0.804. The van der Waals surface area contributed by atoms with Crippen LogP contribution in [0.3, 0.4) is 0 Å². The molecule has 8 heteroatoms. The number of aromatic carboxylic acids is 1. The molecule has 110 valence electrons. The molecule has 0 aliphatic heterocycles. The molecule has 0 unspecified atom stereocenters. The van der Waals surface area contributed by atoms with E-state index in [0.29, 0.717) is 18.7 Å². The number of halogens is 2. The summed E-state index contributed by atoms with van der Waals surface area (Å²) in [5.74, 6) is -5.22. The molecule has 1 rings (SSSR count). The summed E-state index contributed by atoms with van der Waals surface area (Å²) in [6.45, 7) is -0.0621. The molecule has 2 N–H and O–H groups in total. The van der Waals surface area contributed by atoms with Crippen LogP contribution in [0.25, 0.3) is 0 Å². The minimum absolute atomic E-state index is 0.238. The molecular weight excluding hydrogens is 276 g/mol. The second-order valence-corrected chi connectivity index (χ2v) is 3.71. The summed E-state index contributed by atoms with van der Waals surface area (Å²) in [6.07, 6.45) is 0. The van der Waals surface area contributed by atoms with Crippen molar-refractivity contribution in [1.29, 1.82) is 0 Å². The Labute approximate surface area is 113 Å². The van der Waals surface area contributed by atoms with Gasteiger partial charge in [0.2, 0.25) is 0 Å². The lowest BCUT2D eigenvalue weighted by Crippen LogP contribution is -2.31. The molecule has 0 fully saturated rings. The van der Waals surface area contributed by atoms with E-state index in [2.05, 4.69) is 5.32 Å². The number of hydrogen-bond acceptors (Lipinski definition) is 4. The molecule has 0 aliphatic carbocycles. The second kappa shape index (κ2) is 7.39. The summed E-state index contributed by atoms with van der Waals surface area (Å²) in [5, 5.41) is 11.0. The number of rotatable bonds is 7. The van der Waals surface area contributed by atoms with Crippen molar-refractivity contribution in [3.05, 3.63) is 29.3 Å². The van der Waals surface area contributed by atoms with Crippen molar-refractivity contribution in [2.45, 2.75) is 0 Å². The van der Waals surface area contributed by atoms with Gasteiger partial charge in [-0.25, -0.2) is 13.6 Å². The maximum atomic E-state index is 13.4. The van der Waals surface area contributed by atoms with E-state index in [1.54, 1.807) is 0 Å². The summed E-state index contributed by atoms with van der Waals surface area (Å²) in [6, 6.07) is 1.23. The zero-order chi connectivity index (χ0) is 15.1. The average molecular weight is 289 g/mol. The summed E-state index contributed by atoms with van der Waals surface area (Å²) in [4.78, 5) is 21.8. The van der Waals surface area contributed by atoms with E-state index in [0.717, 1.165) is 0 Å². The highest BCUT2D eigenvalue weighted by Crippen LogP contribution is 2.23. The number of ether oxygens (including phenoxy) is 2. The number of amides is 1. The van der Waals surface area contributed by atoms with Crippen LogP contribution < -0.4 is 10.1 Å². The van der Waals surface area contributed by atoms with Gasteiger partial charge in [0.25, 0.3) is 5.91 Å². The maximum Gasteiger partial charge on any atom is 0.335 e. The Bertz CT molecular complexity index is 484. The van der Waals surface area contributed by atoms with Crippen molar-refractivity contribution >= 4 is 11.9 Å². The summed E-state index contributed by atoms with van der Waals surface area (Å²) in [5.41, 5.74) is -0.545. The van der Waals surface area contributed by atoms with Crippen LogP contribution in [0.15, 0.2) is 12.1 Å². The molecular formula is C12H13F2NO5. The summed E-state index contributed by atoms with van der Waals surface area (Å²) >= 11 is 0. The Morgan fingerprint density at radius 1 is 1.30 bits per heavy atom. The average Bonchev–Trinajstić information content (AvgIpc) is 2.37. The third kappa shape index (κ3) is 4.47. The Balaban J connectivity index is 2.64. The first-order chi connectivity index (χ1) is 9.45. The highest BCUT2D eigenvalue weighted by molar-refractivity contribution is 5.87. The largest absolute Gasteiger partial charge is 0.478 e. The van der Waals surface area contributed by atoms with Crippen LogP contribution in [0.2, 0.25) is 0 Å². The number of benzene rings is 1. The SMILES string of the molecule is COCCNC(=O)COc1c(F)cc(C(=O)O)cc1F. The van der Waals surface area contributed by atoms with Gasteiger partial charge in [0.15, 0.2) is 24.0 Å². The first kappa shape index (κ1) is 15.8. The summed E-state index contributed by atoms with van der Waals surface area (Å²) in [7, 11) is 1.46. The van der Waals surface area contributed by atoms with Gasteiger partial charge >= 0.3 is 5.97 Å². The molecule has 20 heavy (non-hydrogen) atoms. The minimum Gasteiger partial charge on any atom is -0.478 e. The Morgan fingerprint density at radius 2 is 1.90 bits per heavy atom. The summed E-state index contributed by atoms with van der Waals surface area (Å²) < 4.78 is 36.3. The van der Waals surface area contributed by atoms with Crippen LogP contribution in [0.1, 0.15) is 10.4 Å². The van der Waals surface area contributed by atoms with Crippen molar-refractivity contribution in [3.8, 4) is 5.75 Å². The van der Waals surface area contributed by atoms with E-state index >= 15 is 0 Å². The lowest BCUT2D eigenvalue weighted by atomic mass is 10.2. The Hall–Kier alpha value is -2.22. The predicted molar refractivity (Wildman–Crippen MR) is 63.7 cm³/mol. The molecule has 1 amide bonds. The van der Waals surface area contributed by atoms with Gasteiger partial charge in [-0.2, -0.15) is 0 Å². The molecule has 0 atom stereocenters.